The molecule has 0 radical (unpaired) electrons. The summed E-state index contributed by atoms with van der Waals surface area (Å²) in [6.45, 7) is 5.94. The van der Waals surface area contributed by atoms with E-state index in [1.807, 2.05) is 52.2 Å². The summed E-state index contributed by atoms with van der Waals surface area (Å²) in [4.78, 5) is 23.6. The van der Waals surface area contributed by atoms with Gasteiger partial charge in [-0.2, -0.15) is 0 Å². The van der Waals surface area contributed by atoms with Gasteiger partial charge in [-0.3, -0.25) is 4.79 Å². The number of benzene rings is 1. The first-order valence-corrected chi connectivity index (χ1v) is 10.5. The molecule has 29 heavy (non-hydrogen) atoms. The van der Waals surface area contributed by atoms with E-state index in [9.17, 15) is 4.79 Å². The molecule has 156 valence electrons. The topological polar surface area (TPSA) is 90.9 Å². The second kappa shape index (κ2) is 9.71. The fraction of sp³-hybridized carbons (Fsp3) is 0.450. The number of amides is 1. The average Bonchev–Trinajstić information content (AvgIpc) is 3.11. The number of ether oxygens (including phenoxy) is 1. The zero-order valence-electron chi connectivity index (χ0n) is 17.3. The van der Waals surface area contributed by atoms with E-state index in [1.54, 1.807) is 0 Å². The molecule has 2 aromatic rings. The van der Waals surface area contributed by atoms with Crippen molar-refractivity contribution in [2.45, 2.75) is 26.4 Å². The van der Waals surface area contributed by atoms with Gasteiger partial charge in [-0.25, -0.2) is 9.98 Å². The lowest BCUT2D eigenvalue weighted by Gasteiger charge is -2.18. The quantitative estimate of drug-likeness (QED) is 0.573. The largest absolute Gasteiger partial charge is 0.489 e. The second-order valence-electron chi connectivity index (χ2n) is 7.24. The molecule has 0 bridgehead atoms. The van der Waals surface area contributed by atoms with Crippen LogP contribution in [0.1, 0.15) is 35.8 Å². The van der Waals surface area contributed by atoms with Crippen LogP contribution >= 0.6 is 11.3 Å². The lowest BCUT2D eigenvalue weighted by Crippen LogP contribution is -2.27. The van der Waals surface area contributed by atoms with Crippen LogP contribution in [0.2, 0.25) is 0 Å². The van der Waals surface area contributed by atoms with E-state index in [0.717, 1.165) is 29.4 Å². The van der Waals surface area contributed by atoms with Crippen molar-refractivity contribution in [3.05, 3.63) is 35.0 Å². The third-order valence-corrected chi connectivity index (χ3v) is 5.10. The van der Waals surface area contributed by atoms with Crippen molar-refractivity contribution in [1.82, 2.24) is 15.2 Å². The van der Waals surface area contributed by atoms with Gasteiger partial charge in [-0.05, 0) is 53.0 Å². The highest BCUT2D eigenvalue weighted by Crippen LogP contribution is 2.30. The maximum atomic E-state index is 12.5. The fourth-order valence-corrected chi connectivity index (χ4v) is 3.66. The first kappa shape index (κ1) is 21.1. The number of nitrogens with one attached hydrogen (secondary N) is 3. The summed E-state index contributed by atoms with van der Waals surface area (Å²) in [5.74, 6) is 1.22. The van der Waals surface area contributed by atoms with Crippen molar-refractivity contribution in [3.8, 4) is 5.75 Å². The van der Waals surface area contributed by atoms with Gasteiger partial charge >= 0.3 is 0 Å². The monoisotopic (exact) mass is 416 g/mol. The standard InChI is InChI=1S/C20H28N6O2S/c1-13(2)28-15-9-6-5-8-14(15)24-17-16-19(23-12-22-17)29-20(25-16)18(27)21-10-7-11-26(3)4/h5-6,8-9,13,23H,7,10-12H2,1-4H3,(H,21,27)(H,22,24). The molecule has 1 aromatic heterocycles. The van der Waals surface area contributed by atoms with Crippen molar-refractivity contribution in [2.24, 2.45) is 4.99 Å². The Morgan fingerprint density at radius 1 is 1.34 bits per heavy atom. The molecule has 0 saturated carbocycles. The summed E-state index contributed by atoms with van der Waals surface area (Å²) in [6.07, 6.45) is 0.953. The third kappa shape index (κ3) is 5.68. The van der Waals surface area contributed by atoms with Gasteiger partial charge in [0.1, 0.15) is 23.1 Å². The lowest BCUT2D eigenvalue weighted by molar-refractivity contribution is 0.0952. The van der Waals surface area contributed by atoms with E-state index in [1.165, 1.54) is 11.3 Å². The number of thiazole rings is 1. The van der Waals surface area contributed by atoms with Crippen LogP contribution in [0.15, 0.2) is 29.3 Å². The Hall–Kier alpha value is -2.65. The number of nitrogens with zero attached hydrogens (tertiary/aromatic N) is 3. The molecular formula is C20H28N6O2S. The highest BCUT2D eigenvalue weighted by atomic mass is 32.1. The van der Waals surface area contributed by atoms with E-state index >= 15 is 0 Å². The lowest BCUT2D eigenvalue weighted by atomic mass is 10.2. The molecule has 0 unspecified atom stereocenters. The molecule has 3 rings (SSSR count). The van der Waals surface area contributed by atoms with Crippen LogP contribution in [0.5, 0.6) is 5.75 Å². The summed E-state index contributed by atoms with van der Waals surface area (Å²) in [5.41, 5.74) is 1.47. The number of carbonyl (C=O) groups excluding carboxylic acids is 1. The van der Waals surface area contributed by atoms with Gasteiger partial charge in [0.2, 0.25) is 0 Å². The number of hydrogen-bond acceptors (Lipinski definition) is 8. The van der Waals surface area contributed by atoms with Crippen molar-refractivity contribution < 1.29 is 9.53 Å². The molecule has 3 N–H and O–H groups in total. The molecule has 1 aliphatic rings. The number of aliphatic imine (C=N–C) groups is 1. The number of anilines is 2. The molecule has 0 aliphatic carbocycles. The molecule has 2 heterocycles. The summed E-state index contributed by atoms with van der Waals surface area (Å²) < 4.78 is 5.87. The average molecular weight is 417 g/mol. The minimum Gasteiger partial charge on any atom is -0.489 e. The second-order valence-corrected chi connectivity index (χ2v) is 8.24. The minimum absolute atomic E-state index is 0.0607. The van der Waals surface area contributed by atoms with Crippen LogP contribution < -0.4 is 20.7 Å². The van der Waals surface area contributed by atoms with Gasteiger partial charge in [0.15, 0.2) is 10.8 Å². The normalized spacial score (nSPS) is 13.0. The van der Waals surface area contributed by atoms with E-state index < -0.39 is 0 Å². The molecule has 0 saturated heterocycles. The van der Waals surface area contributed by atoms with Crippen LogP contribution in [-0.2, 0) is 0 Å². The number of rotatable bonds is 8. The molecule has 1 aromatic carbocycles. The summed E-state index contributed by atoms with van der Waals surface area (Å²) in [6, 6.07) is 7.72. The predicted octanol–water partition coefficient (Wildman–Crippen LogP) is 2.85. The Morgan fingerprint density at radius 2 is 2.14 bits per heavy atom. The maximum absolute atomic E-state index is 12.5. The van der Waals surface area contributed by atoms with Crippen molar-refractivity contribution >= 4 is 33.8 Å². The van der Waals surface area contributed by atoms with Crippen LogP contribution in [0, 0.1) is 0 Å². The molecule has 1 amide bonds. The molecule has 0 fully saturated rings. The number of hydrogen-bond donors (Lipinski definition) is 3. The van der Waals surface area contributed by atoms with Crippen molar-refractivity contribution in [3.63, 3.8) is 0 Å². The van der Waals surface area contributed by atoms with Gasteiger partial charge in [0, 0.05) is 6.54 Å². The number of fused-ring (bicyclic) bond motifs is 1. The van der Waals surface area contributed by atoms with Crippen molar-refractivity contribution in [2.75, 3.05) is 44.5 Å². The fourth-order valence-electron chi connectivity index (χ4n) is 2.79. The maximum Gasteiger partial charge on any atom is 0.280 e. The van der Waals surface area contributed by atoms with Crippen LogP contribution in [-0.4, -0.2) is 61.6 Å². The third-order valence-electron chi connectivity index (χ3n) is 4.09. The van der Waals surface area contributed by atoms with Gasteiger partial charge in [0.05, 0.1) is 11.8 Å². The predicted molar refractivity (Wildman–Crippen MR) is 118 cm³/mol. The summed E-state index contributed by atoms with van der Waals surface area (Å²) in [5, 5.41) is 10.7. The molecular weight excluding hydrogens is 388 g/mol. The van der Waals surface area contributed by atoms with Gasteiger partial charge in [-0.1, -0.05) is 23.5 Å². The van der Waals surface area contributed by atoms with Gasteiger partial charge in [-0.15, -0.1) is 0 Å². The Balaban J connectivity index is 1.71. The molecule has 0 spiro atoms. The highest BCUT2D eigenvalue weighted by Gasteiger charge is 2.23. The Bertz CT molecular complexity index is 878. The van der Waals surface area contributed by atoms with Gasteiger partial charge in [0.25, 0.3) is 5.91 Å². The molecule has 1 aliphatic heterocycles. The van der Waals surface area contributed by atoms with E-state index in [0.29, 0.717) is 29.8 Å². The summed E-state index contributed by atoms with van der Waals surface area (Å²) >= 11 is 1.34. The molecule has 9 heteroatoms. The Kier molecular flexibility index (Phi) is 7.05. The van der Waals surface area contributed by atoms with Crippen LogP contribution in [0.4, 0.5) is 10.7 Å². The van der Waals surface area contributed by atoms with Gasteiger partial charge < -0.3 is 25.6 Å². The zero-order valence-corrected chi connectivity index (χ0v) is 18.1. The zero-order chi connectivity index (χ0) is 20.8. The van der Waals surface area contributed by atoms with E-state index in [2.05, 4.69) is 30.8 Å². The number of carbonyl (C=O) groups is 1. The van der Waals surface area contributed by atoms with Crippen LogP contribution in [0.3, 0.4) is 0 Å². The number of amidine groups is 1. The van der Waals surface area contributed by atoms with Crippen LogP contribution in [0.25, 0.3) is 0 Å². The number of para-hydroxylation sites is 2. The molecule has 0 atom stereocenters. The van der Waals surface area contributed by atoms with Crippen molar-refractivity contribution in [1.29, 1.82) is 0 Å². The SMILES string of the molecule is CC(C)Oc1ccccc1NC1=NCNc2sc(C(=O)NCCCN(C)C)nc21. The number of aromatic nitrogens is 1. The molecule has 8 nitrogen and oxygen atoms in total. The Morgan fingerprint density at radius 3 is 2.90 bits per heavy atom. The van der Waals surface area contributed by atoms with E-state index in [4.69, 9.17) is 4.74 Å². The minimum atomic E-state index is -0.159. The first-order chi connectivity index (χ1) is 13.9. The first-order valence-electron chi connectivity index (χ1n) is 9.69. The van der Waals surface area contributed by atoms with E-state index in [-0.39, 0.29) is 12.0 Å². The smallest absolute Gasteiger partial charge is 0.280 e. The summed E-state index contributed by atoms with van der Waals surface area (Å²) in [7, 11) is 4.03. The Labute approximate surface area is 175 Å². The highest BCUT2D eigenvalue weighted by molar-refractivity contribution is 7.18.